The van der Waals surface area contributed by atoms with E-state index in [9.17, 15) is 4.57 Å². The summed E-state index contributed by atoms with van der Waals surface area (Å²) < 4.78 is 20.9. The minimum Gasteiger partial charge on any atom is -0.300 e. The molecule has 0 aromatic heterocycles. The minimum absolute atomic E-state index is 0. The van der Waals surface area contributed by atoms with Crippen LogP contribution in [0.4, 0.5) is 0 Å². The molecule has 0 amide bonds. The zero-order valence-corrected chi connectivity index (χ0v) is 11.6. The lowest BCUT2D eigenvalue weighted by Gasteiger charge is -2.17. The summed E-state index contributed by atoms with van der Waals surface area (Å²) in [7, 11) is -2.13. The average Bonchev–Trinajstić information content (AvgIpc) is 2.19. The maximum absolute atomic E-state index is 11.3. The molecule has 1 aromatic rings. The van der Waals surface area contributed by atoms with Crippen LogP contribution in [0.25, 0.3) is 0 Å². The fourth-order valence-electron chi connectivity index (χ4n) is 1.05. The highest BCUT2D eigenvalue weighted by molar-refractivity contribution is 7.51. The molecule has 1 aromatic carbocycles. The van der Waals surface area contributed by atoms with Crippen molar-refractivity contribution in [3.63, 3.8) is 0 Å². The number of hydrogen-bond acceptors (Lipinski definition) is 3. The van der Waals surface area contributed by atoms with Gasteiger partial charge in [-0.15, -0.1) is 24.8 Å². The molecular weight excluding hydrogens is 272 g/mol. The first-order chi connectivity index (χ1) is 6.55. The normalized spacial score (nSPS) is 15.2. The van der Waals surface area contributed by atoms with Gasteiger partial charge < -0.3 is 4.52 Å². The van der Waals surface area contributed by atoms with Crippen LogP contribution in [0.3, 0.4) is 0 Å². The fraction of sp³-hybridized carbons (Fsp3) is 0.333. The summed E-state index contributed by atoms with van der Waals surface area (Å²) in [4.78, 5) is 0. The van der Waals surface area contributed by atoms with Gasteiger partial charge in [0, 0.05) is 7.11 Å². The predicted molar refractivity (Wildman–Crippen MR) is 69.2 cm³/mol. The summed E-state index contributed by atoms with van der Waals surface area (Å²) in [5.41, 5.74) is 6.18. The second-order valence-electron chi connectivity index (χ2n) is 2.88. The quantitative estimate of drug-likeness (QED) is 0.863. The number of benzene rings is 1. The fourth-order valence-corrected chi connectivity index (χ4v) is 1.70. The molecule has 0 spiro atoms. The third-order valence-electron chi connectivity index (χ3n) is 1.83. The molecule has 7 heteroatoms. The van der Waals surface area contributed by atoms with Crippen LogP contribution in [0.2, 0.25) is 0 Å². The first-order valence-corrected chi connectivity index (χ1v) is 5.84. The average molecular weight is 288 g/mol. The van der Waals surface area contributed by atoms with Gasteiger partial charge in [0.25, 0.3) is 0 Å². The van der Waals surface area contributed by atoms with Crippen LogP contribution in [0.1, 0.15) is 18.6 Å². The zero-order chi connectivity index (χ0) is 10.6. The minimum atomic E-state index is -3.40. The molecule has 0 aliphatic carbocycles. The van der Waals surface area contributed by atoms with Gasteiger partial charge in [-0.25, -0.2) is 10.1 Å². The van der Waals surface area contributed by atoms with Crippen molar-refractivity contribution < 1.29 is 13.6 Å². The lowest BCUT2D eigenvalue weighted by Crippen LogP contribution is -2.05. The Morgan fingerprint density at radius 2 is 1.75 bits per heavy atom. The van der Waals surface area contributed by atoms with E-state index in [2.05, 4.69) is 4.52 Å². The van der Waals surface area contributed by atoms with Crippen molar-refractivity contribution in [2.45, 2.75) is 13.0 Å². The Hall–Kier alpha value is -0.0900. The number of nitrogens with two attached hydrogens (primary N) is 1. The van der Waals surface area contributed by atoms with Gasteiger partial charge in [-0.2, -0.15) is 0 Å². The zero-order valence-electron chi connectivity index (χ0n) is 9.03. The molecule has 0 fully saturated rings. The Morgan fingerprint density at radius 3 is 2.19 bits per heavy atom. The molecule has 0 radical (unpaired) electrons. The number of hydrogen-bond donors (Lipinski definition) is 1. The molecule has 94 valence electrons. The van der Waals surface area contributed by atoms with E-state index in [1.54, 1.807) is 6.92 Å². The number of rotatable bonds is 4. The van der Waals surface area contributed by atoms with Crippen LogP contribution >= 0.6 is 32.6 Å². The van der Waals surface area contributed by atoms with Crippen molar-refractivity contribution in [2.24, 2.45) is 5.50 Å². The van der Waals surface area contributed by atoms with Crippen LogP contribution < -0.4 is 5.50 Å². The van der Waals surface area contributed by atoms with E-state index in [1.165, 1.54) is 7.11 Å². The van der Waals surface area contributed by atoms with Crippen molar-refractivity contribution >= 4 is 32.6 Å². The van der Waals surface area contributed by atoms with Crippen molar-refractivity contribution in [3.05, 3.63) is 35.9 Å². The van der Waals surface area contributed by atoms with Crippen LogP contribution in [-0.2, 0) is 13.6 Å². The van der Waals surface area contributed by atoms with Crippen molar-refractivity contribution in [2.75, 3.05) is 7.11 Å². The maximum atomic E-state index is 11.3. The topological polar surface area (TPSA) is 61.5 Å². The van der Waals surface area contributed by atoms with Crippen LogP contribution in [0, 0.1) is 0 Å². The first kappa shape index (κ1) is 18.3. The summed E-state index contributed by atoms with van der Waals surface area (Å²) in [6, 6.07) is 9.40. The summed E-state index contributed by atoms with van der Waals surface area (Å²) in [5, 5.41) is 0. The Kier molecular flexibility index (Phi) is 9.22. The lowest BCUT2D eigenvalue weighted by molar-refractivity contribution is 0.176. The Balaban J connectivity index is 0. The molecule has 2 N–H and O–H groups in total. The highest BCUT2D eigenvalue weighted by Gasteiger charge is 2.20. The van der Waals surface area contributed by atoms with Crippen LogP contribution in [0.15, 0.2) is 30.3 Å². The van der Waals surface area contributed by atoms with Gasteiger partial charge in [-0.3, -0.25) is 4.52 Å². The molecule has 0 saturated carbocycles. The highest BCUT2D eigenvalue weighted by atomic mass is 35.5. The second kappa shape index (κ2) is 8.07. The standard InChI is InChI=1S/C9H14NO3P.2ClH/c1-8(13-14(10,11)12-2)9-6-4-3-5-7-9;;/h3-8H,1-2H3,(H2,10,11);2*1H/t8-,14?;;/m1../s1. The van der Waals surface area contributed by atoms with Crippen molar-refractivity contribution in [1.29, 1.82) is 0 Å². The largest absolute Gasteiger partial charge is 0.403 e. The van der Waals surface area contributed by atoms with Gasteiger partial charge in [-0.05, 0) is 12.5 Å². The van der Waals surface area contributed by atoms with Gasteiger partial charge in [0.2, 0.25) is 0 Å². The van der Waals surface area contributed by atoms with Crippen molar-refractivity contribution in [1.82, 2.24) is 0 Å². The Bertz CT molecular complexity index is 337. The molecule has 0 aliphatic heterocycles. The summed E-state index contributed by atoms with van der Waals surface area (Å²) in [5.74, 6) is 0. The SMILES string of the molecule is COP(N)(=O)O[C@H](C)c1ccccc1.Cl.Cl. The molecule has 1 unspecified atom stereocenters. The van der Waals surface area contributed by atoms with Crippen molar-refractivity contribution in [3.8, 4) is 0 Å². The van der Waals surface area contributed by atoms with E-state index in [4.69, 9.17) is 10.0 Å². The van der Waals surface area contributed by atoms with E-state index in [1.807, 2.05) is 30.3 Å². The smallest absolute Gasteiger partial charge is 0.300 e. The van der Waals surface area contributed by atoms with Gasteiger partial charge in [0.15, 0.2) is 0 Å². The maximum Gasteiger partial charge on any atom is 0.403 e. The molecular formula is C9H16Cl2NO3P. The van der Waals surface area contributed by atoms with E-state index >= 15 is 0 Å². The second-order valence-corrected chi connectivity index (χ2v) is 4.54. The third kappa shape index (κ3) is 5.85. The Labute approximate surface area is 108 Å². The van der Waals surface area contributed by atoms with Gasteiger partial charge in [0.1, 0.15) is 0 Å². The summed E-state index contributed by atoms with van der Waals surface area (Å²) in [6.07, 6.45) is -0.341. The van der Waals surface area contributed by atoms with Gasteiger partial charge in [-0.1, -0.05) is 30.3 Å². The molecule has 16 heavy (non-hydrogen) atoms. The lowest BCUT2D eigenvalue weighted by atomic mass is 10.1. The molecule has 0 saturated heterocycles. The molecule has 2 atom stereocenters. The molecule has 0 aliphatic rings. The summed E-state index contributed by atoms with van der Waals surface area (Å²) in [6.45, 7) is 1.77. The van der Waals surface area contributed by atoms with Crippen LogP contribution in [-0.4, -0.2) is 7.11 Å². The molecule has 0 bridgehead atoms. The molecule has 0 heterocycles. The predicted octanol–water partition coefficient (Wildman–Crippen LogP) is 3.32. The first-order valence-electron chi connectivity index (χ1n) is 4.23. The van der Waals surface area contributed by atoms with E-state index < -0.39 is 7.75 Å². The monoisotopic (exact) mass is 287 g/mol. The van der Waals surface area contributed by atoms with Crippen LogP contribution in [0.5, 0.6) is 0 Å². The summed E-state index contributed by atoms with van der Waals surface area (Å²) >= 11 is 0. The van der Waals surface area contributed by atoms with Gasteiger partial charge >= 0.3 is 7.75 Å². The van der Waals surface area contributed by atoms with E-state index in [0.717, 1.165) is 5.56 Å². The highest BCUT2D eigenvalue weighted by Crippen LogP contribution is 2.43. The van der Waals surface area contributed by atoms with E-state index in [0.29, 0.717) is 0 Å². The third-order valence-corrected chi connectivity index (χ3v) is 2.95. The molecule has 4 nitrogen and oxygen atoms in total. The molecule has 1 rings (SSSR count). The van der Waals surface area contributed by atoms with Gasteiger partial charge in [0.05, 0.1) is 6.10 Å². The van der Waals surface area contributed by atoms with E-state index in [-0.39, 0.29) is 30.9 Å². The number of halogens is 2. The Morgan fingerprint density at radius 1 is 1.25 bits per heavy atom.